The van der Waals surface area contributed by atoms with Crippen LogP contribution in [-0.4, -0.2) is 23.5 Å². The van der Waals surface area contributed by atoms with Crippen LogP contribution in [0.2, 0.25) is 0 Å². The monoisotopic (exact) mass is 255 g/mol. The molecule has 1 atom stereocenters. The molecule has 0 spiro atoms. The standard InChI is InChI=1S/C14H25NO3/c1-10(2)9-15-14(18)12(8-13(16)17)11-6-4-3-5-7-11/h10-12H,3-9H2,1-2H3,(H,15,18)(H,16,17). The van der Waals surface area contributed by atoms with Crippen molar-refractivity contribution in [3.05, 3.63) is 0 Å². The van der Waals surface area contributed by atoms with Crippen molar-refractivity contribution in [3.8, 4) is 0 Å². The van der Waals surface area contributed by atoms with Crippen LogP contribution in [0.25, 0.3) is 0 Å². The van der Waals surface area contributed by atoms with Crippen molar-refractivity contribution >= 4 is 11.9 Å². The van der Waals surface area contributed by atoms with Crippen LogP contribution in [0.3, 0.4) is 0 Å². The molecule has 0 radical (unpaired) electrons. The van der Waals surface area contributed by atoms with Gasteiger partial charge in [0.15, 0.2) is 0 Å². The van der Waals surface area contributed by atoms with Crippen LogP contribution in [0.4, 0.5) is 0 Å². The fraction of sp³-hybridized carbons (Fsp3) is 0.857. The number of carboxylic acids is 1. The molecule has 0 aliphatic heterocycles. The first-order valence-electron chi connectivity index (χ1n) is 7.00. The molecule has 0 heterocycles. The third kappa shape index (κ3) is 5.07. The van der Waals surface area contributed by atoms with Crippen molar-refractivity contribution in [1.29, 1.82) is 0 Å². The Labute approximate surface area is 109 Å². The maximum atomic E-state index is 12.1. The Hall–Kier alpha value is -1.06. The second-order valence-corrected chi connectivity index (χ2v) is 5.74. The number of hydrogen-bond acceptors (Lipinski definition) is 2. The summed E-state index contributed by atoms with van der Waals surface area (Å²) in [6.07, 6.45) is 5.41. The van der Waals surface area contributed by atoms with E-state index in [2.05, 4.69) is 5.32 Å². The van der Waals surface area contributed by atoms with E-state index in [9.17, 15) is 9.59 Å². The van der Waals surface area contributed by atoms with Crippen LogP contribution >= 0.6 is 0 Å². The molecule has 1 rings (SSSR count). The molecule has 4 nitrogen and oxygen atoms in total. The summed E-state index contributed by atoms with van der Waals surface area (Å²) in [6, 6.07) is 0. The number of carboxylic acid groups (broad SMARTS) is 1. The Morgan fingerprint density at radius 2 is 1.83 bits per heavy atom. The van der Waals surface area contributed by atoms with Gasteiger partial charge in [-0.15, -0.1) is 0 Å². The van der Waals surface area contributed by atoms with E-state index in [0.717, 1.165) is 25.7 Å². The highest BCUT2D eigenvalue weighted by molar-refractivity contribution is 5.83. The molecule has 1 aliphatic carbocycles. The van der Waals surface area contributed by atoms with E-state index in [1.54, 1.807) is 0 Å². The summed E-state index contributed by atoms with van der Waals surface area (Å²) in [5, 5.41) is 11.8. The van der Waals surface area contributed by atoms with Crippen LogP contribution < -0.4 is 5.32 Å². The normalized spacial score (nSPS) is 18.6. The Morgan fingerprint density at radius 1 is 1.22 bits per heavy atom. The van der Waals surface area contributed by atoms with Gasteiger partial charge in [-0.3, -0.25) is 9.59 Å². The van der Waals surface area contributed by atoms with Gasteiger partial charge in [0.1, 0.15) is 0 Å². The molecule has 0 bridgehead atoms. The summed E-state index contributed by atoms with van der Waals surface area (Å²) >= 11 is 0. The molecule has 1 aliphatic rings. The van der Waals surface area contributed by atoms with Crippen LogP contribution in [0, 0.1) is 17.8 Å². The zero-order valence-corrected chi connectivity index (χ0v) is 11.4. The topological polar surface area (TPSA) is 66.4 Å². The molecular weight excluding hydrogens is 230 g/mol. The second kappa shape index (κ2) is 7.39. The van der Waals surface area contributed by atoms with Crippen molar-refractivity contribution in [1.82, 2.24) is 5.32 Å². The number of rotatable bonds is 6. The lowest BCUT2D eigenvalue weighted by Gasteiger charge is -2.28. The number of hydrogen-bond donors (Lipinski definition) is 2. The van der Waals surface area contributed by atoms with Gasteiger partial charge < -0.3 is 10.4 Å². The number of amides is 1. The summed E-state index contributed by atoms with van der Waals surface area (Å²) in [6.45, 7) is 4.70. The van der Waals surface area contributed by atoms with Gasteiger partial charge >= 0.3 is 5.97 Å². The average Bonchev–Trinajstić information content (AvgIpc) is 2.34. The molecule has 1 amide bonds. The first-order valence-corrected chi connectivity index (χ1v) is 7.00. The first kappa shape index (κ1) is 15.0. The zero-order valence-electron chi connectivity index (χ0n) is 11.4. The fourth-order valence-corrected chi connectivity index (χ4v) is 2.63. The van der Waals surface area contributed by atoms with Gasteiger partial charge in [-0.2, -0.15) is 0 Å². The van der Waals surface area contributed by atoms with E-state index >= 15 is 0 Å². The van der Waals surface area contributed by atoms with Crippen molar-refractivity contribution in [3.63, 3.8) is 0 Å². The molecule has 4 heteroatoms. The minimum atomic E-state index is -0.870. The molecule has 0 aromatic carbocycles. The van der Waals surface area contributed by atoms with E-state index in [4.69, 9.17) is 5.11 Å². The highest BCUT2D eigenvalue weighted by Gasteiger charge is 2.31. The SMILES string of the molecule is CC(C)CNC(=O)C(CC(=O)O)C1CCCCC1. The summed E-state index contributed by atoms with van der Waals surface area (Å²) in [5.41, 5.74) is 0. The number of nitrogens with one attached hydrogen (secondary N) is 1. The molecule has 1 fully saturated rings. The highest BCUT2D eigenvalue weighted by Crippen LogP contribution is 2.32. The molecule has 1 saturated carbocycles. The molecular formula is C14H25NO3. The maximum absolute atomic E-state index is 12.1. The lowest BCUT2D eigenvalue weighted by atomic mass is 9.78. The molecule has 104 valence electrons. The van der Waals surface area contributed by atoms with E-state index in [0.29, 0.717) is 12.5 Å². The molecule has 0 aromatic rings. The predicted molar refractivity (Wildman–Crippen MR) is 70.2 cm³/mol. The van der Waals surface area contributed by atoms with Crippen LogP contribution in [0.5, 0.6) is 0 Å². The van der Waals surface area contributed by atoms with Crippen LogP contribution in [0.15, 0.2) is 0 Å². The number of aliphatic carboxylic acids is 1. The lowest BCUT2D eigenvalue weighted by Crippen LogP contribution is -2.38. The average molecular weight is 255 g/mol. The summed E-state index contributed by atoms with van der Waals surface area (Å²) in [7, 11) is 0. The summed E-state index contributed by atoms with van der Waals surface area (Å²) < 4.78 is 0. The Balaban J connectivity index is 2.58. The van der Waals surface area contributed by atoms with Gasteiger partial charge in [-0.1, -0.05) is 33.1 Å². The van der Waals surface area contributed by atoms with Crippen molar-refractivity contribution in [2.24, 2.45) is 17.8 Å². The molecule has 1 unspecified atom stereocenters. The zero-order chi connectivity index (χ0) is 13.5. The van der Waals surface area contributed by atoms with Gasteiger partial charge in [0.05, 0.1) is 12.3 Å². The smallest absolute Gasteiger partial charge is 0.304 e. The van der Waals surface area contributed by atoms with Gasteiger partial charge in [-0.05, 0) is 24.7 Å². The molecule has 0 saturated heterocycles. The first-order chi connectivity index (χ1) is 8.50. The van der Waals surface area contributed by atoms with Gasteiger partial charge in [0.2, 0.25) is 5.91 Å². The van der Waals surface area contributed by atoms with Crippen molar-refractivity contribution in [2.45, 2.75) is 52.4 Å². The molecule has 2 N–H and O–H groups in total. The number of carbonyl (C=O) groups is 2. The minimum Gasteiger partial charge on any atom is -0.481 e. The molecule has 18 heavy (non-hydrogen) atoms. The second-order valence-electron chi connectivity index (χ2n) is 5.74. The predicted octanol–water partition coefficient (Wildman–Crippen LogP) is 2.43. The third-order valence-corrected chi connectivity index (χ3v) is 3.63. The van der Waals surface area contributed by atoms with E-state index in [1.165, 1.54) is 6.42 Å². The maximum Gasteiger partial charge on any atom is 0.304 e. The number of carbonyl (C=O) groups excluding carboxylic acids is 1. The minimum absolute atomic E-state index is 0.0331. The summed E-state index contributed by atoms with van der Waals surface area (Å²) in [4.78, 5) is 23.0. The van der Waals surface area contributed by atoms with Crippen molar-refractivity contribution < 1.29 is 14.7 Å². The van der Waals surface area contributed by atoms with Gasteiger partial charge in [-0.25, -0.2) is 0 Å². The molecule has 0 aromatic heterocycles. The largest absolute Gasteiger partial charge is 0.481 e. The van der Waals surface area contributed by atoms with Gasteiger partial charge in [0, 0.05) is 6.54 Å². The lowest BCUT2D eigenvalue weighted by molar-refractivity contribution is -0.142. The van der Waals surface area contributed by atoms with E-state index < -0.39 is 5.97 Å². The third-order valence-electron chi connectivity index (χ3n) is 3.63. The van der Waals surface area contributed by atoms with Gasteiger partial charge in [0.25, 0.3) is 0 Å². The van der Waals surface area contributed by atoms with E-state index in [1.807, 2.05) is 13.8 Å². The fourth-order valence-electron chi connectivity index (χ4n) is 2.63. The quantitative estimate of drug-likeness (QED) is 0.766. The van der Waals surface area contributed by atoms with Crippen LogP contribution in [-0.2, 0) is 9.59 Å². The van der Waals surface area contributed by atoms with E-state index in [-0.39, 0.29) is 24.2 Å². The van der Waals surface area contributed by atoms with Crippen molar-refractivity contribution in [2.75, 3.05) is 6.54 Å². The Bertz CT molecular complexity index is 283. The van der Waals surface area contributed by atoms with Crippen LogP contribution in [0.1, 0.15) is 52.4 Å². The highest BCUT2D eigenvalue weighted by atomic mass is 16.4. The summed E-state index contributed by atoms with van der Waals surface area (Å²) in [5.74, 6) is -0.641. The Morgan fingerprint density at radius 3 is 2.33 bits per heavy atom. The Kier molecular flexibility index (Phi) is 6.16.